The zero-order valence-corrected chi connectivity index (χ0v) is 17.6. The molecule has 0 unspecified atom stereocenters. The van der Waals surface area contributed by atoms with Crippen LogP contribution in [0.3, 0.4) is 0 Å². The van der Waals surface area contributed by atoms with Crippen molar-refractivity contribution < 1.29 is 23.4 Å². The van der Waals surface area contributed by atoms with Crippen LogP contribution in [0, 0.1) is 17.6 Å². The molecule has 0 bridgehead atoms. The Kier molecular flexibility index (Phi) is 5.31. The van der Waals surface area contributed by atoms with Gasteiger partial charge in [0.05, 0.1) is 19.3 Å². The molecule has 7 heteroatoms. The third-order valence-electron chi connectivity index (χ3n) is 6.49. The first-order chi connectivity index (χ1) is 15.4. The van der Waals surface area contributed by atoms with Crippen LogP contribution < -0.4 is 0 Å². The summed E-state index contributed by atoms with van der Waals surface area (Å²) >= 11 is 0. The second kappa shape index (κ2) is 8.15. The maximum atomic E-state index is 15.4. The van der Waals surface area contributed by atoms with Gasteiger partial charge in [-0.15, -0.1) is 0 Å². The summed E-state index contributed by atoms with van der Waals surface area (Å²) in [6.45, 7) is 4.08. The lowest BCUT2D eigenvalue weighted by molar-refractivity contribution is -0.131. The summed E-state index contributed by atoms with van der Waals surface area (Å²) < 4.78 is 36.2. The van der Waals surface area contributed by atoms with Crippen LogP contribution in [0.15, 0.2) is 42.5 Å². The summed E-state index contributed by atoms with van der Waals surface area (Å²) in [4.78, 5) is 16.4. The lowest BCUT2D eigenvalue weighted by Gasteiger charge is -2.44. The zero-order valence-electron chi connectivity index (χ0n) is 17.6. The van der Waals surface area contributed by atoms with Crippen molar-refractivity contribution in [1.29, 1.82) is 0 Å². The summed E-state index contributed by atoms with van der Waals surface area (Å²) in [5.41, 5.74) is 3.01. The number of carboxylic acid groups (broad SMARTS) is 1. The van der Waals surface area contributed by atoms with Crippen LogP contribution in [-0.2, 0) is 16.0 Å². The second-order valence-corrected chi connectivity index (χ2v) is 8.69. The molecular formula is C25H24F2N2O3. The number of nitrogens with one attached hydrogen (secondary N) is 1. The fourth-order valence-corrected chi connectivity index (χ4v) is 4.92. The third kappa shape index (κ3) is 3.61. The molecule has 3 aromatic rings. The van der Waals surface area contributed by atoms with Gasteiger partial charge in [-0.05, 0) is 48.7 Å². The number of fused-ring (bicyclic) bond motifs is 3. The summed E-state index contributed by atoms with van der Waals surface area (Å²) in [5, 5.41) is 9.91. The Bertz CT molecular complexity index is 1190. The van der Waals surface area contributed by atoms with Crippen LogP contribution in [0.4, 0.5) is 8.78 Å². The Balaban J connectivity index is 1.66. The van der Waals surface area contributed by atoms with Crippen molar-refractivity contribution in [3.05, 3.63) is 76.5 Å². The minimum atomic E-state index is -1.17. The normalized spacial score (nSPS) is 21.7. The number of H-pyrrole nitrogens is 1. The molecule has 5 rings (SSSR count). The lowest BCUT2D eigenvalue weighted by Crippen LogP contribution is -2.48. The van der Waals surface area contributed by atoms with E-state index in [0.717, 1.165) is 34.7 Å². The van der Waals surface area contributed by atoms with Gasteiger partial charge in [0.1, 0.15) is 11.6 Å². The lowest BCUT2D eigenvalue weighted by atomic mass is 9.86. The molecule has 2 aliphatic rings. The molecule has 0 aliphatic carbocycles. The molecule has 166 valence electrons. The van der Waals surface area contributed by atoms with Gasteiger partial charge in [0.2, 0.25) is 0 Å². The van der Waals surface area contributed by atoms with E-state index >= 15 is 8.78 Å². The van der Waals surface area contributed by atoms with E-state index in [4.69, 9.17) is 9.84 Å². The predicted molar refractivity (Wildman–Crippen MR) is 117 cm³/mol. The van der Waals surface area contributed by atoms with Gasteiger partial charge in [-0.1, -0.05) is 18.2 Å². The first-order valence-electron chi connectivity index (χ1n) is 10.7. The molecule has 0 spiro atoms. The van der Waals surface area contributed by atoms with Crippen LogP contribution in [0.5, 0.6) is 0 Å². The van der Waals surface area contributed by atoms with Gasteiger partial charge in [-0.3, -0.25) is 4.90 Å². The number of carbonyl (C=O) groups is 1. The topological polar surface area (TPSA) is 65.6 Å². The molecule has 0 amide bonds. The number of para-hydroxylation sites is 1. The smallest absolute Gasteiger partial charge is 0.328 e. The number of rotatable bonds is 5. The van der Waals surface area contributed by atoms with Gasteiger partial charge in [-0.25, -0.2) is 13.6 Å². The number of benzene rings is 2. The maximum absolute atomic E-state index is 15.4. The van der Waals surface area contributed by atoms with Gasteiger partial charge in [0.15, 0.2) is 0 Å². The Morgan fingerprint density at radius 2 is 1.97 bits per heavy atom. The van der Waals surface area contributed by atoms with E-state index in [0.29, 0.717) is 25.7 Å². The number of hydrogen-bond donors (Lipinski definition) is 2. The molecule has 0 radical (unpaired) electrons. The van der Waals surface area contributed by atoms with Gasteiger partial charge in [-0.2, -0.15) is 0 Å². The summed E-state index contributed by atoms with van der Waals surface area (Å²) in [5.74, 6) is -2.22. The van der Waals surface area contributed by atoms with Gasteiger partial charge in [0.25, 0.3) is 0 Å². The van der Waals surface area contributed by atoms with E-state index in [2.05, 4.69) is 16.8 Å². The summed E-state index contributed by atoms with van der Waals surface area (Å²) in [7, 11) is 0. The Morgan fingerprint density at radius 1 is 1.25 bits per heavy atom. The summed E-state index contributed by atoms with van der Waals surface area (Å²) in [6.07, 6.45) is 2.85. The molecule has 2 aliphatic heterocycles. The number of aliphatic carboxylic acids is 1. The number of aromatic amines is 1. The van der Waals surface area contributed by atoms with Crippen LogP contribution in [0.1, 0.15) is 35.3 Å². The predicted octanol–water partition coefficient (Wildman–Crippen LogP) is 4.53. The quantitative estimate of drug-likeness (QED) is 0.575. The van der Waals surface area contributed by atoms with Crippen molar-refractivity contribution in [3.63, 3.8) is 0 Å². The average Bonchev–Trinajstić information content (AvgIpc) is 3.08. The first-order valence-corrected chi connectivity index (χ1v) is 10.7. The van der Waals surface area contributed by atoms with Crippen LogP contribution in [0.2, 0.25) is 0 Å². The number of aromatic nitrogens is 1. The third-order valence-corrected chi connectivity index (χ3v) is 6.49. The highest BCUT2D eigenvalue weighted by atomic mass is 19.1. The fourth-order valence-electron chi connectivity index (χ4n) is 4.92. The number of carboxylic acids is 1. The minimum Gasteiger partial charge on any atom is -0.478 e. The Hall–Kier alpha value is -3.03. The molecule has 0 saturated carbocycles. The largest absolute Gasteiger partial charge is 0.478 e. The molecule has 2 atom stereocenters. The van der Waals surface area contributed by atoms with Crippen molar-refractivity contribution in [1.82, 2.24) is 9.88 Å². The van der Waals surface area contributed by atoms with Crippen molar-refractivity contribution in [2.75, 3.05) is 19.8 Å². The monoisotopic (exact) mass is 438 g/mol. The number of hydrogen-bond acceptors (Lipinski definition) is 3. The molecule has 5 nitrogen and oxygen atoms in total. The van der Waals surface area contributed by atoms with Crippen LogP contribution >= 0.6 is 0 Å². The molecule has 3 heterocycles. The highest BCUT2D eigenvalue weighted by Gasteiger charge is 2.40. The molecule has 32 heavy (non-hydrogen) atoms. The van der Waals surface area contributed by atoms with Crippen LogP contribution in [-0.4, -0.2) is 46.8 Å². The second-order valence-electron chi connectivity index (χ2n) is 8.69. The maximum Gasteiger partial charge on any atom is 0.328 e. The summed E-state index contributed by atoms with van der Waals surface area (Å²) in [6, 6.07) is 9.80. The molecule has 1 aromatic heterocycles. The average molecular weight is 438 g/mol. The van der Waals surface area contributed by atoms with E-state index in [9.17, 15) is 4.79 Å². The molecule has 2 N–H and O–H groups in total. The van der Waals surface area contributed by atoms with E-state index in [1.54, 1.807) is 0 Å². The molecule has 2 aromatic carbocycles. The van der Waals surface area contributed by atoms with Crippen molar-refractivity contribution >= 4 is 22.9 Å². The van der Waals surface area contributed by atoms with Gasteiger partial charge in [0, 0.05) is 46.7 Å². The standard InChI is InChI=1S/C25H24F2N2O3/c1-14-8-18-17-4-2-3-5-21(17)28-24(18)25(29(14)11-16-12-32-13-16)23-19(26)9-15(10-20(23)27)6-7-22(30)31/h2-7,9-10,14,16,25,28H,8,11-13H2,1H3,(H,30,31)/t14-,25-/m1/s1. The van der Waals surface area contributed by atoms with Gasteiger partial charge < -0.3 is 14.8 Å². The fraction of sp³-hybridized carbons (Fsp3) is 0.320. The van der Waals surface area contributed by atoms with E-state index < -0.39 is 23.6 Å². The van der Waals surface area contributed by atoms with Crippen molar-refractivity contribution in [2.24, 2.45) is 5.92 Å². The molecule has 1 saturated heterocycles. The Labute approximate surface area is 184 Å². The van der Waals surface area contributed by atoms with Crippen molar-refractivity contribution in [2.45, 2.75) is 25.4 Å². The Morgan fingerprint density at radius 3 is 2.62 bits per heavy atom. The highest BCUT2D eigenvalue weighted by molar-refractivity contribution is 5.86. The SMILES string of the molecule is C[C@@H]1Cc2c([nH]c3ccccc23)[C@@H](c2c(F)cc(C=CC(=O)O)cc2F)N1CC1COC1. The zero-order chi connectivity index (χ0) is 22.4. The van der Waals surface area contributed by atoms with E-state index in [-0.39, 0.29) is 17.2 Å². The van der Waals surface area contributed by atoms with E-state index in [1.165, 1.54) is 18.2 Å². The van der Waals surface area contributed by atoms with Crippen LogP contribution in [0.25, 0.3) is 17.0 Å². The number of halogens is 2. The van der Waals surface area contributed by atoms with Crippen molar-refractivity contribution in [3.8, 4) is 0 Å². The number of nitrogens with zero attached hydrogens (tertiary/aromatic N) is 1. The van der Waals surface area contributed by atoms with Gasteiger partial charge >= 0.3 is 5.97 Å². The first kappa shape index (κ1) is 20.8. The molecular weight excluding hydrogens is 414 g/mol. The highest BCUT2D eigenvalue weighted by Crippen LogP contribution is 2.43. The van der Waals surface area contributed by atoms with E-state index in [1.807, 2.05) is 24.3 Å². The minimum absolute atomic E-state index is 0.0166. The number of ether oxygens (including phenoxy) is 1. The molecule has 1 fully saturated rings.